The van der Waals surface area contributed by atoms with Crippen LogP contribution in [0.4, 0.5) is 0 Å². The summed E-state index contributed by atoms with van der Waals surface area (Å²) in [5, 5.41) is 9.17. The highest BCUT2D eigenvalue weighted by Crippen LogP contribution is 2.28. The molecule has 1 heterocycles. The second kappa shape index (κ2) is 8.94. The Bertz CT molecular complexity index is 673. The lowest BCUT2D eigenvalue weighted by Gasteiger charge is -2.11. The Kier molecular flexibility index (Phi) is 7.22. The van der Waals surface area contributed by atoms with Crippen LogP contribution in [0.2, 0.25) is 0 Å². The van der Waals surface area contributed by atoms with Gasteiger partial charge in [0.15, 0.2) is 0 Å². The van der Waals surface area contributed by atoms with Crippen molar-refractivity contribution in [3.05, 3.63) is 39.1 Å². The van der Waals surface area contributed by atoms with Gasteiger partial charge in [0.25, 0.3) is 0 Å². The van der Waals surface area contributed by atoms with E-state index in [0.29, 0.717) is 6.54 Å². The summed E-state index contributed by atoms with van der Waals surface area (Å²) >= 11 is 5.02. The summed E-state index contributed by atoms with van der Waals surface area (Å²) < 4.78 is 1.05. The maximum atomic E-state index is 11.9. The van der Waals surface area contributed by atoms with Gasteiger partial charge in [0.2, 0.25) is 5.91 Å². The lowest BCUT2D eigenvalue weighted by molar-refractivity contribution is -0.120. The van der Waals surface area contributed by atoms with Gasteiger partial charge in [0.05, 0.1) is 18.3 Å². The molecule has 1 atom stereocenters. The number of hydrogen-bond acceptors (Lipinski definition) is 4. The number of amides is 1. The Hall–Kier alpha value is -0.950. The molecule has 1 fully saturated rings. The molecule has 130 valence electrons. The molecule has 0 radical (unpaired) electrons. The molecule has 1 saturated carbocycles. The Labute approximate surface area is 161 Å². The van der Waals surface area contributed by atoms with Crippen LogP contribution in [0.5, 0.6) is 0 Å². The molecule has 1 aromatic carbocycles. The zero-order valence-corrected chi connectivity index (χ0v) is 16.6. The van der Waals surface area contributed by atoms with Gasteiger partial charge in [-0.05, 0) is 44.4 Å². The van der Waals surface area contributed by atoms with Crippen LogP contribution in [0, 0.1) is 5.92 Å². The third-order valence-corrected chi connectivity index (χ3v) is 5.38. The van der Waals surface area contributed by atoms with Gasteiger partial charge >= 0.3 is 0 Å². The Morgan fingerprint density at radius 3 is 2.75 bits per heavy atom. The molecule has 0 saturated heterocycles. The predicted molar refractivity (Wildman–Crippen MR) is 105 cm³/mol. The maximum absolute atomic E-state index is 11.9. The molecule has 1 aromatic heterocycles. The van der Waals surface area contributed by atoms with Crippen molar-refractivity contribution in [2.45, 2.75) is 25.8 Å². The molecule has 2 aromatic rings. The van der Waals surface area contributed by atoms with Crippen LogP contribution in [0.15, 0.2) is 34.1 Å². The highest BCUT2D eigenvalue weighted by atomic mass is 79.9. The van der Waals surface area contributed by atoms with E-state index < -0.39 is 0 Å². The first-order valence-corrected chi connectivity index (χ1v) is 9.50. The minimum absolute atomic E-state index is 0. The summed E-state index contributed by atoms with van der Waals surface area (Å²) in [6.07, 6.45) is 2.59. The van der Waals surface area contributed by atoms with E-state index in [9.17, 15) is 4.79 Å². The molecule has 0 aliphatic heterocycles. The van der Waals surface area contributed by atoms with Gasteiger partial charge in [-0.1, -0.05) is 28.1 Å². The minimum atomic E-state index is -0.0700. The van der Waals surface area contributed by atoms with Crippen molar-refractivity contribution in [1.82, 2.24) is 15.6 Å². The second-order valence-electron chi connectivity index (χ2n) is 5.94. The number of nitrogens with one attached hydrogen (secondary N) is 2. The highest BCUT2D eigenvalue weighted by molar-refractivity contribution is 9.10. The molecule has 1 aliphatic rings. The molecule has 4 nitrogen and oxygen atoms in total. The fourth-order valence-electron chi connectivity index (χ4n) is 2.31. The number of aromatic nitrogens is 1. The van der Waals surface area contributed by atoms with Crippen LogP contribution >= 0.6 is 39.7 Å². The molecule has 7 heteroatoms. The average Bonchev–Trinajstić information content (AvgIpc) is 3.21. The molecular formula is C17H21BrClN3OS. The van der Waals surface area contributed by atoms with Crippen LogP contribution in [-0.4, -0.2) is 24.0 Å². The molecular weight excluding hydrogens is 410 g/mol. The monoisotopic (exact) mass is 429 g/mol. The van der Waals surface area contributed by atoms with Gasteiger partial charge in [-0.2, -0.15) is 0 Å². The summed E-state index contributed by atoms with van der Waals surface area (Å²) in [5.41, 5.74) is 2.03. The van der Waals surface area contributed by atoms with Crippen molar-refractivity contribution in [3.8, 4) is 11.3 Å². The second-order valence-corrected chi connectivity index (χ2v) is 7.75. The topological polar surface area (TPSA) is 54.0 Å². The van der Waals surface area contributed by atoms with Crippen LogP contribution < -0.4 is 10.6 Å². The van der Waals surface area contributed by atoms with Gasteiger partial charge in [-0.25, -0.2) is 4.98 Å². The molecule has 0 bridgehead atoms. The van der Waals surface area contributed by atoms with Crippen molar-refractivity contribution in [2.24, 2.45) is 5.92 Å². The highest BCUT2D eigenvalue weighted by Gasteiger charge is 2.21. The SMILES string of the molecule is CC(NC(=O)CNCC1CC1)c1nc(-c2ccc(Br)cc2)cs1.Cl. The van der Waals surface area contributed by atoms with Gasteiger partial charge in [-0.3, -0.25) is 4.79 Å². The van der Waals surface area contributed by atoms with Gasteiger partial charge < -0.3 is 10.6 Å². The Morgan fingerprint density at radius 2 is 2.08 bits per heavy atom. The van der Waals surface area contributed by atoms with Gasteiger partial charge in [-0.15, -0.1) is 23.7 Å². The smallest absolute Gasteiger partial charge is 0.234 e. The largest absolute Gasteiger partial charge is 0.346 e. The van der Waals surface area contributed by atoms with E-state index in [1.807, 2.05) is 36.6 Å². The average molecular weight is 431 g/mol. The van der Waals surface area contributed by atoms with Crippen LogP contribution in [0.3, 0.4) is 0 Å². The van der Waals surface area contributed by atoms with Crippen molar-refractivity contribution >= 4 is 45.6 Å². The van der Waals surface area contributed by atoms with E-state index >= 15 is 0 Å². The lowest BCUT2D eigenvalue weighted by Crippen LogP contribution is -2.36. The molecule has 0 spiro atoms. The Balaban J connectivity index is 0.00000208. The predicted octanol–water partition coefficient (Wildman–Crippen LogP) is 4.17. The van der Waals surface area contributed by atoms with Crippen molar-refractivity contribution in [1.29, 1.82) is 0 Å². The Morgan fingerprint density at radius 1 is 1.38 bits per heavy atom. The van der Waals surface area contributed by atoms with Gasteiger partial charge in [0.1, 0.15) is 5.01 Å². The molecule has 2 N–H and O–H groups in total. The van der Waals surface area contributed by atoms with E-state index in [-0.39, 0.29) is 24.4 Å². The quantitative estimate of drug-likeness (QED) is 0.693. The summed E-state index contributed by atoms with van der Waals surface area (Å²) in [5.74, 6) is 0.811. The number of thiazole rings is 1. The summed E-state index contributed by atoms with van der Waals surface area (Å²) in [7, 11) is 0. The fourth-order valence-corrected chi connectivity index (χ4v) is 3.41. The first-order valence-electron chi connectivity index (χ1n) is 7.83. The van der Waals surface area contributed by atoms with Crippen molar-refractivity contribution < 1.29 is 4.79 Å². The number of carbonyl (C=O) groups is 1. The lowest BCUT2D eigenvalue weighted by atomic mass is 10.2. The van der Waals surface area contributed by atoms with E-state index in [0.717, 1.165) is 33.2 Å². The third kappa shape index (κ3) is 5.55. The maximum Gasteiger partial charge on any atom is 0.234 e. The zero-order valence-electron chi connectivity index (χ0n) is 13.4. The first kappa shape index (κ1) is 19.4. The van der Waals surface area contributed by atoms with E-state index in [1.165, 1.54) is 12.8 Å². The fraction of sp³-hybridized carbons (Fsp3) is 0.412. The molecule has 24 heavy (non-hydrogen) atoms. The number of nitrogens with zero attached hydrogens (tertiary/aromatic N) is 1. The molecule has 1 amide bonds. The zero-order chi connectivity index (χ0) is 16.2. The minimum Gasteiger partial charge on any atom is -0.346 e. The molecule has 3 rings (SSSR count). The number of rotatable bonds is 7. The number of halogens is 2. The van der Waals surface area contributed by atoms with Crippen molar-refractivity contribution in [3.63, 3.8) is 0 Å². The van der Waals surface area contributed by atoms with E-state index in [1.54, 1.807) is 11.3 Å². The van der Waals surface area contributed by atoms with Gasteiger partial charge in [0, 0.05) is 15.4 Å². The van der Waals surface area contributed by atoms with Crippen LogP contribution in [-0.2, 0) is 4.79 Å². The molecule has 1 unspecified atom stereocenters. The van der Waals surface area contributed by atoms with Crippen molar-refractivity contribution in [2.75, 3.05) is 13.1 Å². The molecule has 1 aliphatic carbocycles. The van der Waals surface area contributed by atoms with E-state index in [4.69, 9.17) is 0 Å². The summed E-state index contributed by atoms with van der Waals surface area (Å²) in [4.78, 5) is 16.6. The normalized spacial score (nSPS) is 14.8. The first-order chi connectivity index (χ1) is 11.1. The number of carbonyl (C=O) groups excluding carboxylic acids is 1. The summed E-state index contributed by atoms with van der Waals surface area (Å²) in [6, 6.07) is 8.01. The summed E-state index contributed by atoms with van der Waals surface area (Å²) in [6.45, 7) is 3.31. The number of hydrogen-bond donors (Lipinski definition) is 2. The third-order valence-electron chi connectivity index (χ3n) is 3.83. The van der Waals surface area contributed by atoms with E-state index in [2.05, 4.69) is 31.5 Å². The van der Waals surface area contributed by atoms with Crippen LogP contribution in [0.1, 0.15) is 30.8 Å². The number of benzene rings is 1. The van der Waals surface area contributed by atoms with Crippen LogP contribution in [0.25, 0.3) is 11.3 Å². The standard InChI is InChI=1S/C17H20BrN3OS.ClH/c1-11(20-16(22)9-19-8-12-2-3-12)17-21-15(10-23-17)13-4-6-14(18)7-5-13;/h4-7,10-12,19H,2-3,8-9H2,1H3,(H,20,22);1H.